The van der Waals surface area contributed by atoms with Crippen molar-refractivity contribution >= 4 is 34.3 Å². The number of hydrogen-bond donors (Lipinski definition) is 3. The fourth-order valence-electron chi connectivity index (χ4n) is 3.49. The van der Waals surface area contributed by atoms with Crippen molar-refractivity contribution in [3.63, 3.8) is 0 Å². The van der Waals surface area contributed by atoms with Gasteiger partial charge in [0.2, 0.25) is 0 Å². The van der Waals surface area contributed by atoms with E-state index in [-0.39, 0.29) is 40.1 Å². The molecule has 0 saturated heterocycles. The summed E-state index contributed by atoms with van der Waals surface area (Å²) in [6.07, 6.45) is 2.69. The first-order valence-corrected chi connectivity index (χ1v) is 10.2. The van der Waals surface area contributed by atoms with E-state index in [9.17, 15) is 18.4 Å². The Hall–Kier alpha value is -4.37. The van der Waals surface area contributed by atoms with Crippen LogP contribution in [0.25, 0.3) is 16.6 Å². The summed E-state index contributed by atoms with van der Waals surface area (Å²) in [6.45, 7) is 1.12. The number of aliphatic hydroxyl groups excluding tert-OH is 1. The SMILES string of the molecule is CC(=O)c1cn(-c2ccc(N)cc2F)c2cc(N/N=C/c3ccc(CO)cc3)c(F)cc2c1=O. The molecule has 3 aromatic carbocycles. The Balaban J connectivity index is 1.83. The minimum Gasteiger partial charge on any atom is -0.399 e. The molecular weight excluding hydrogens is 442 g/mol. The number of ketones is 1. The van der Waals surface area contributed by atoms with Crippen molar-refractivity contribution in [3.05, 3.63) is 99.3 Å². The molecule has 0 fully saturated rings. The number of nitrogens with zero attached hydrogens (tertiary/aromatic N) is 2. The highest BCUT2D eigenvalue weighted by Gasteiger charge is 2.18. The quantitative estimate of drug-likeness (QED) is 0.174. The number of carbonyl (C=O) groups excluding carboxylic acids is 1. The third kappa shape index (κ3) is 4.41. The number of Topliss-reactive ketones (excluding diaryl/α,β-unsaturated/α-hetero) is 1. The lowest BCUT2D eigenvalue weighted by Gasteiger charge is -2.15. The number of halogens is 2. The average Bonchev–Trinajstić information content (AvgIpc) is 2.81. The van der Waals surface area contributed by atoms with Crippen LogP contribution in [-0.2, 0) is 6.61 Å². The lowest BCUT2D eigenvalue weighted by molar-refractivity contribution is 0.101. The number of aliphatic hydroxyl groups is 1. The van der Waals surface area contributed by atoms with Crippen LogP contribution in [0.2, 0.25) is 0 Å². The molecule has 0 aliphatic heterocycles. The monoisotopic (exact) mass is 462 g/mol. The molecule has 1 heterocycles. The van der Waals surface area contributed by atoms with E-state index in [0.717, 1.165) is 17.7 Å². The molecule has 4 rings (SSSR count). The molecule has 0 spiro atoms. The molecule has 172 valence electrons. The van der Waals surface area contributed by atoms with Crippen LogP contribution < -0.4 is 16.6 Å². The summed E-state index contributed by atoms with van der Waals surface area (Å²) in [5.74, 6) is -1.99. The van der Waals surface area contributed by atoms with Crippen LogP contribution >= 0.6 is 0 Å². The van der Waals surface area contributed by atoms with Crippen molar-refractivity contribution in [3.8, 4) is 5.69 Å². The topological polar surface area (TPSA) is 110 Å². The number of nitrogen functional groups attached to an aromatic ring is 1. The molecule has 0 bridgehead atoms. The summed E-state index contributed by atoms with van der Waals surface area (Å²) in [5, 5.41) is 13.1. The Morgan fingerprint density at radius 1 is 1.12 bits per heavy atom. The van der Waals surface area contributed by atoms with Gasteiger partial charge in [0.1, 0.15) is 11.6 Å². The fraction of sp³-hybridized carbons (Fsp3) is 0.0800. The first-order chi connectivity index (χ1) is 16.3. The molecule has 0 unspecified atom stereocenters. The summed E-state index contributed by atoms with van der Waals surface area (Å²) in [6, 6.07) is 13.2. The smallest absolute Gasteiger partial charge is 0.200 e. The number of rotatable bonds is 6. The largest absolute Gasteiger partial charge is 0.399 e. The minimum absolute atomic E-state index is 0.0340. The Bertz CT molecular complexity index is 1500. The summed E-state index contributed by atoms with van der Waals surface area (Å²) in [7, 11) is 0. The number of nitrogens with one attached hydrogen (secondary N) is 1. The van der Waals surface area contributed by atoms with Crippen LogP contribution in [0, 0.1) is 11.6 Å². The molecule has 0 atom stereocenters. The maximum Gasteiger partial charge on any atom is 0.200 e. The third-order valence-electron chi connectivity index (χ3n) is 5.26. The van der Waals surface area contributed by atoms with Crippen LogP contribution in [0.1, 0.15) is 28.4 Å². The summed E-state index contributed by atoms with van der Waals surface area (Å²) in [4.78, 5) is 24.9. The zero-order valence-electron chi connectivity index (χ0n) is 18.0. The van der Waals surface area contributed by atoms with Crippen molar-refractivity contribution < 1.29 is 18.7 Å². The van der Waals surface area contributed by atoms with Gasteiger partial charge in [0.25, 0.3) is 0 Å². The van der Waals surface area contributed by atoms with E-state index in [2.05, 4.69) is 10.5 Å². The van der Waals surface area contributed by atoms with Gasteiger partial charge < -0.3 is 15.4 Å². The standard InChI is InChI=1S/C25H20F2N4O3/c1-14(33)19-12-31(23-7-6-17(28)8-21(23)27)24-10-22(20(26)9-18(24)25(19)34)30-29-11-15-2-4-16(13-32)5-3-15/h2-12,30,32H,13,28H2,1H3/b29-11+. The maximum atomic E-state index is 14.8. The van der Waals surface area contributed by atoms with Crippen LogP contribution in [0.15, 0.2) is 70.7 Å². The molecule has 4 N–H and O–H groups in total. The molecule has 0 aliphatic rings. The molecule has 1 aromatic heterocycles. The van der Waals surface area contributed by atoms with E-state index < -0.39 is 22.8 Å². The molecule has 0 amide bonds. The van der Waals surface area contributed by atoms with E-state index in [1.807, 2.05) is 0 Å². The van der Waals surface area contributed by atoms with Gasteiger partial charge in [-0.25, -0.2) is 8.78 Å². The van der Waals surface area contributed by atoms with Gasteiger partial charge in [0, 0.05) is 17.3 Å². The Morgan fingerprint density at radius 3 is 2.50 bits per heavy atom. The zero-order chi connectivity index (χ0) is 24.4. The lowest BCUT2D eigenvalue weighted by atomic mass is 10.1. The van der Waals surface area contributed by atoms with Crippen molar-refractivity contribution in [2.45, 2.75) is 13.5 Å². The normalized spacial score (nSPS) is 11.3. The zero-order valence-corrected chi connectivity index (χ0v) is 18.0. The molecule has 0 saturated carbocycles. The Morgan fingerprint density at radius 2 is 1.85 bits per heavy atom. The molecule has 4 aromatic rings. The Labute approximate surface area is 192 Å². The number of fused-ring (bicyclic) bond motifs is 1. The number of benzene rings is 3. The van der Waals surface area contributed by atoms with E-state index in [1.165, 1.54) is 42.1 Å². The first-order valence-electron chi connectivity index (χ1n) is 10.2. The van der Waals surface area contributed by atoms with Crippen LogP contribution in [0.4, 0.5) is 20.2 Å². The van der Waals surface area contributed by atoms with Crippen LogP contribution in [0.3, 0.4) is 0 Å². The highest BCUT2D eigenvalue weighted by Crippen LogP contribution is 2.26. The molecule has 0 radical (unpaired) electrons. The maximum absolute atomic E-state index is 14.8. The molecule has 0 aliphatic carbocycles. The van der Waals surface area contributed by atoms with Gasteiger partial charge in [0.15, 0.2) is 11.2 Å². The third-order valence-corrected chi connectivity index (χ3v) is 5.26. The predicted octanol–water partition coefficient (Wildman–Crippen LogP) is 3.99. The van der Waals surface area contributed by atoms with E-state index in [1.54, 1.807) is 24.3 Å². The summed E-state index contributed by atoms with van der Waals surface area (Å²) in [5.41, 5.74) is 9.17. The second-order valence-corrected chi connectivity index (χ2v) is 7.63. The summed E-state index contributed by atoms with van der Waals surface area (Å²) >= 11 is 0. The number of nitrogens with two attached hydrogens (primary N) is 1. The van der Waals surface area contributed by atoms with Gasteiger partial charge >= 0.3 is 0 Å². The van der Waals surface area contributed by atoms with Gasteiger partial charge in [-0.2, -0.15) is 5.10 Å². The van der Waals surface area contributed by atoms with Crippen molar-refractivity contribution in [1.29, 1.82) is 0 Å². The van der Waals surface area contributed by atoms with Gasteiger partial charge in [-0.1, -0.05) is 24.3 Å². The number of hydrogen-bond acceptors (Lipinski definition) is 6. The molecule has 9 heteroatoms. The molecular formula is C25H20F2N4O3. The first kappa shape index (κ1) is 22.8. The number of carbonyl (C=O) groups is 1. The van der Waals surface area contributed by atoms with Crippen molar-refractivity contribution in [1.82, 2.24) is 4.57 Å². The van der Waals surface area contributed by atoms with E-state index in [4.69, 9.17) is 10.8 Å². The van der Waals surface area contributed by atoms with Gasteiger partial charge in [-0.3, -0.25) is 15.0 Å². The van der Waals surface area contributed by atoms with Gasteiger partial charge in [-0.15, -0.1) is 0 Å². The molecule has 7 nitrogen and oxygen atoms in total. The number of anilines is 2. The van der Waals surface area contributed by atoms with Crippen LogP contribution in [0.5, 0.6) is 0 Å². The summed E-state index contributed by atoms with van der Waals surface area (Å²) < 4.78 is 30.9. The van der Waals surface area contributed by atoms with Gasteiger partial charge in [0.05, 0.1) is 35.3 Å². The van der Waals surface area contributed by atoms with Crippen molar-refractivity contribution in [2.24, 2.45) is 5.10 Å². The van der Waals surface area contributed by atoms with Crippen LogP contribution in [-0.4, -0.2) is 21.7 Å². The second-order valence-electron chi connectivity index (χ2n) is 7.63. The highest BCUT2D eigenvalue weighted by atomic mass is 19.1. The second kappa shape index (κ2) is 9.24. The average molecular weight is 462 g/mol. The number of pyridine rings is 1. The highest BCUT2D eigenvalue weighted by molar-refractivity contribution is 5.98. The molecule has 34 heavy (non-hydrogen) atoms. The minimum atomic E-state index is -0.776. The lowest BCUT2D eigenvalue weighted by Crippen LogP contribution is -2.18. The number of hydrazone groups is 1. The predicted molar refractivity (Wildman–Crippen MR) is 127 cm³/mol. The van der Waals surface area contributed by atoms with E-state index >= 15 is 0 Å². The van der Waals surface area contributed by atoms with Gasteiger partial charge in [-0.05, 0) is 48.4 Å². The van der Waals surface area contributed by atoms with Crippen molar-refractivity contribution in [2.75, 3.05) is 11.2 Å². The van der Waals surface area contributed by atoms with E-state index in [0.29, 0.717) is 5.56 Å². The fourth-order valence-corrected chi connectivity index (χ4v) is 3.49. The Kier molecular flexibility index (Phi) is 6.20. The number of aromatic nitrogens is 1.